The highest BCUT2D eigenvalue weighted by molar-refractivity contribution is 8.18. The Morgan fingerprint density at radius 1 is 1.10 bits per heavy atom. The maximum absolute atomic E-state index is 13.4. The van der Waals surface area contributed by atoms with Crippen molar-refractivity contribution in [2.45, 2.75) is 37.9 Å². The van der Waals surface area contributed by atoms with Crippen molar-refractivity contribution in [1.29, 1.82) is 0 Å². The summed E-state index contributed by atoms with van der Waals surface area (Å²) in [6.45, 7) is 2.89. The third-order valence-electron chi connectivity index (χ3n) is 5.82. The Hall–Kier alpha value is -1.42. The van der Waals surface area contributed by atoms with Crippen LogP contribution in [0.15, 0.2) is 17.0 Å². The highest BCUT2D eigenvalue weighted by Gasteiger charge is 2.34. The summed E-state index contributed by atoms with van der Waals surface area (Å²) < 4.78 is 40.1. The second-order valence-corrected chi connectivity index (χ2v) is 9.13. The summed E-state index contributed by atoms with van der Waals surface area (Å²) in [7, 11) is 0. The Kier molecular flexibility index (Phi) is 7.50. The zero-order valence-corrected chi connectivity index (χ0v) is 18.9. The lowest BCUT2D eigenvalue weighted by Gasteiger charge is -2.40. The minimum absolute atomic E-state index is 0. The largest absolute Gasteiger partial charge is 0.416 e. The molecule has 11 heteroatoms. The van der Waals surface area contributed by atoms with Crippen LogP contribution in [0.2, 0.25) is 5.02 Å². The van der Waals surface area contributed by atoms with Crippen LogP contribution < -0.4 is 10.2 Å². The summed E-state index contributed by atoms with van der Waals surface area (Å²) in [4.78, 5) is 27.9. The second kappa shape index (κ2) is 9.60. The molecule has 5 nitrogen and oxygen atoms in total. The molecule has 1 N–H and O–H groups in total. The summed E-state index contributed by atoms with van der Waals surface area (Å²) in [5.74, 6) is -0.615. The van der Waals surface area contributed by atoms with Crippen LogP contribution in [0, 0.1) is 0 Å². The zero-order valence-electron chi connectivity index (χ0n) is 16.5. The number of imide groups is 1. The Morgan fingerprint density at radius 3 is 2.29 bits per heavy atom. The molecule has 2 aliphatic heterocycles. The van der Waals surface area contributed by atoms with Crippen molar-refractivity contribution in [1.82, 2.24) is 10.2 Å². The Labute approximate surface area is 193 Å². The standard InChI is InChI=1S/C20H21ClF3N3O2S.ClH/c21-15-11-13(20(22,23)24)9-12(10-16-18(28)25-19(29)30-16)17(15)27-7-5-26(6-8-27)14-3-1-2-4-14;/h9-11,14H,1-8H2,(H,25,28,29);1H/b16-10+;. The van der Waals surface area contributed by atoms with Crippen molar-refractivity contribution < 1.29 is 22.8 Å². The van der Waals surface area contributed by atoms with Gasteiger partial charge in [-0.2, -0.15) is 13.2 Å². The lowest BCUT2D eigenvalue weighted by molar-refractivity contribution is -0.137. The average molecular weight is 496 g/mol. The van der Waals surface area contributed by atoms with Crippen LogP contribution in [0.5, 0.6) is 0 Å². The molecule has 0 aromatic heterocycles. The fraction of sp³-hybridized carbons (Fsp3) is 0.500. The number of carbonyl (C=O) groups excluding carboxylic acids is 2. The van der Waals surface area contributed by atoms with E-state index in [0.29, 0.717) is 36.6 Å². The van der Waals surface area contributed by atoms with Gasteiger partial charge in [-0.25, -0.2) is 0 Å². The number of piperazine rings is 1. The molecule has 1 aromatic rings. The normalized spacial score (nSPS) is 22.2. The monoisotopic (exact) mass is 495 g/mol. The number of rotatable bonds is 3. The van der Waals surface area contributed by atoms with Gasteiger partial charge in [-0.05, 0) is 42.8 Å². The average Bonchev–Trinajstić information content (AvgIpc) is 3.31. The topological polar surface area (TPSA) is 52.7 Å². The minimum Gasteiger partial charge on any atom is -0.367 e. The summed E-state index contributed by atoms with van der Waals surface area (Å²) in [6, 6.07) is 2.50. The second-order valence-electron chi connectivity index (χ2n) is 7.71. The van der Waals surface area contributed by atoms with E-state index in [9.17, 15) is 22.8 Å². The summed E-state index contributed by atoms with van der Waals surface area (Å²) >= 11 is 7.00. The first-order valence-corrected chi connectivity index (χ1v) is 11.1. The molecule has 0 atom stereocenters. The third-order valence-corrected chi connectivity index (χ3v) is 6.92. The fourth-order valence-corrected chi connectivity index (χ4v) is 5.39. The van der Waals surface area contributed by atoms with E-state index in [2.05, 4.69) is 10.2 Å². The van der Waals surface area contributed by atoms with Gasteiger partial charge < -0.3 is 4.90 Å². The van der Waals surface area contributed by atoms with Crippen LogP contribution in [0.3, 0.4) is 0 Å². The minimum atomic E-state index is -4.57. The van der Waals surface area contributed by atoms with E-state index in [1.807, 2.05) is 4.90 Å². The van der Waals surface area contributed by atoms with E-state index >= 15 is 0 Å². The molecule has 0 spiro atoms. The van der Waals surface area contributed by atoms with Gasteiger partial charge in [-0.3, -0.25) is 19.8 Å². The summed E-state index contributed by atoms with van der Waals surface area (Å²) in [6.07, 6.45) is 1.62. The van der Waals surface area contributed by atoms with Gasteiger partial charge in [-0.15, -0.1) is 12.4 Å². The Morgan fingerprint density at radius 2 is 1.74 bits per heavy atom. The zero-order chi connectivity index (χ0) is 21.5. The van der Waals surface area contributed by atoms with Gasteiger partial charge in [0.1, 0.15) is 0 Å². The van der Waals surface area contributed by atoms with E-state index in [1.54, 1.807) is 0 Å². The predicted octanol–water partition coefficient (Wildman–Crippen LogP) is 5.17. The highest BCUT2D eigenvalue weighted by Crippen LogP contribution is 2.40. The first kappa shape index (κ1) is 24.2. The quantitative estimate of drug-likeness (QED) is 0.586. The predicted molar refractivity (Wildman–Crippen MR) is 119 cm³/mol. The molecular formula is C20H22Cl2F3N3O2S. The molecule has 170 valence electrons. The molecule has 0 radical (unpaired) electrons. The molecule has 0 unspecified atom stereocenters. The first-order valence-electron chi connectivity index (χ1n) is 9.87. The number of anilines is 1. The maximum Gasteiger partial charge on any atom is 0.416 e. The molecule has 1 aromatic carbocycles. The molecule has 4 rings (SSSR count). The number of carbonyl (C=O) groups is 2. The lowest BCUT2D eigenvalue weighted by atomic mass is 10.0. The number of amides is 2. The number of halogens is 5. The molecule has 1 saturated carbocycles. The van der Waals surface area contributed by atoms with Crippen LogP contribution in [-0.4, -0.2) is 48.3 Å². The molecule has 1 aliphatic carbocycles. The number of hydrogen-bond acceptors (Lipinski definition) is 5. The van der Waals surface area contributed by atoms with Crippen molar-refractivity contribution in [3.63, 3.8) is 0 Å². The molecule has 3 fully saturated rings. The Bertz CT molecular complexity index is 896. The molecule has 0 bridgehead atoms. The highest BCUT2D eigenvalue weighted by atomic mass is 35.5. The fourth-order valence-electron chi connectivity index (χ4n) is 4.37. The number of nitrogens with zero attached hydrogens (tertiary/aromatic N) is 2. The number of thioether (sulfide) groups is 1. The van der Waals surface area contributed by atoms with Gasteiger partial charge in [0.2, 0.25) is 0 Å². The van der Waals surface area contributed by atoms with E-state index in [0.717, 1.165) is 25.2 Å². The van der Waals surface area contributed by atoms with Gasteiger partial charge in [0.25, 0.3) is 11.1 Å². The van der Waals surface area contributed by atoms with Crippen LogP contribution in [0.1, 0.15) is 36.8 Å². The number of benzene rings is 1. The molecule has 2 heterocycles. The molecule has 2 saturated heterocycles. The maximum atomic E-state index is 13.4. The van der Waals surface area contributed by atoms with Crippen LogP contribution in [0.25, 0.3) is 6.08 Å². The molecule has 3 aliphatic rings. The van der Waals surface area contributed by atoms with Gasteiger partial charge in [-0.1, -0.05) is 24.4 Å². The van der Waals surface area contributed by atoms with Crippen molar-refractivity contribution in [3.8, 4) is 0 Å². The molecular weight excluding hydrogens is 474 g/mol. The van der Waals surface area contributed by atoms with Crippen molar-refractivity contribution in [2.24, 2.45) is 0 Å². The van der Waals surface area contributed by atoms with Crippen LogP contribution in [0.4, 0.5) is 23.7 Å². The van der Waals surface area contributed by atoms with Crippen molar-refractivity contribution >= 4 is 58.7 Å². The first-order chi connectivity index (χ1) is 14.2. The van der Waals surface area contributed by atoms with E-state index in [-0.39, 0.29) is 27.9 Å². The smallest absolute Gasteiger partial charge is 0.367 e. The van der Waals surface area contributed by atoms with Gasteiger partial charge in [0.05, 0.1) is 21.2 Å². The summed E-state index contributed by atoms with van der Waals surface area (Å²) in [5, 5.41) is 1.57. The van der Waals surface area contributed by atoms with E-state index < -0.39 is 22.9 Å². The van der Waals surface area contributed by atoms with Crippen LogP contribution in [-0.2, 0) is 11.0 Å². The third kappa shape index (κ3) is 5.32. The van der Waals surface area contributed by atoms with Gasteiger partial charge in [0, 0.05) is 37.8 Å². The number of alkyl halides is 3. The summed E-state index contributed by atoms with van der Waals surface area (Å²) in [5.41, 5.74) is -0.227. The van der Waals surface area contributed by atoms with Crippen molar-refractivity contribution in [3.05, 3.63) is 33.2 Å². The molecule has 2 amide bonds. The van der Waals surface area contributed by atoms with Crippen LogP contribution >= 0.6 is 35.8 Å². The van der Waals surface area contributed by atoms with Crippen molar-refractivity contribution in [2.75, 3.05) is 31.1 Å². The van der Waals surface area contributed by atoms with E-state index in [4.69, 9.17) is 11.6 Å². The number of hydrogen-bond donors (Lipinski definition) is 1. The van der Waals surface area contributed by atoms with E-state index in [1.165, 1.54) is 31.8 Å². The SMILES string of the molecule is Cl.O=C1NC(=O)/C(=C\c2cc(C(F)(F)F)cc(Cl)c2N2CCN(C3CCCC3)CC2)S1. The van der Waals surface area contributed by atoms with Gasteiger partial charge >= 0.3 is 6.18 Å². The lowest BCUT2D eigenvalue weighted by Crippen LogP contribution is -2.50. The Balaban J connectivity index is 0.00000272. The number of nitrogens with one attached hydrogen (secondary N) is 1. The van der Waals surface area contributed by atoms with Gasteiger partial charge in [0.15, 0.2) is 0 Å². The molecule has 31 heavy (non-hydrogen) atoms.